The molecule has 0 saturated heterocycles. The zero-order valence-electron chi connectivity index (χ0n) is 12.1. The standard InChI is InChI=1S/C16H24N2OS/c1-2-12(17)11-16(19)18-14-9-5-6-10-15(14)20-13-7-3-4-8-13/h5-6,9-10,12-13H,2-4,7-8,11,17H2,1H3,(H,18,19). The molecule has 2 rings (SSSR count). The summed E-state index contributed by atoms with van der Waals surface area (Å²) in [6, 6.07) is 8.02. The van der Waals surface area contributed by atoms with Gasteiger partial charge in [0.15, 0.2) is 0 Å². The quantitative estimate of drug-likeness (QED) is 0.838. The molecule has 0 aliphatic heterocycles. The minimum Gasteiger partial charge on any atom is -0.327 e. The number of amides is 1. The maximum atomic E-state index is 12.0. The van der Waals surface area contributed by atoms with Crippen molar-refractivity contribution in [2.75, 3.05) is 5.32 Å². The Morgan fingerprint density at radius 1 is 1.40 bits per heavy atom. The molecule has 3 nitrogen and oxygen atoms in total. The van der Waals surface area contributed by atoms with Gasteiger partial charge in [0.1, 0.15) is 0 Å². The van der Waals surface area contributed by atoms with Gasteiger partial charge in [0, 0.05) is 22.6 Å². The number of hydrogen-bond acceptors (Lipinski definition) is 3. The third-order valence-corrected chi connectivity index (χ3v) is 5.14. The van der Waals surface area contributed by atoms with Crippen molar-refractivity contribution in [3.05, 3.63) is 24.3 Å². The van der Waals surface area contributed by atoms with Gasteiger partial charge in [0.05, 0.1) is 5.69 Å². The lowest BCUT2D eigenvalue weighted by Gasteiger charge is -2.15. The summed E-state index contributed by atoms with van der Waals surface area (Å²) in [6.45, 7) is 2.00. The number of nitrogens with one attached hydrogen (secondary N) is 1. The van der Waals surface area contributed by atoms with Crippen LogP contribution in [0.3, 0.4) is 0 Å². The molecule has 1 aliphatic rings. The van der Waals surface area contributed by atoms with Crippen molar-refractivity contribution in [3.8, 4) is 0 Å². The molecule has 1 fully saturated rings. The molecular formula is C16H24N2OS. The fourth-order valence-electron chi connectivity index (χ4n) is 2.44. The van der Waals surface area contributed by atoms with E-state index in [2.05, 4.69) is 11.4 Å². The van der Waals surface area contributed by atoms with Gasteiger partial charge in [0.2, 0.25) is 5.91 Å². The van der Waals surface area contributed by atoms with Crippen molar-refractivity contribution in [1.29, 1.82) is 0 Å². The molecule has 110 valence electrons. The first kappa shape index (κ1) is 15.4. The lowest BCUT2D eigenvalue weighted by atomic mass is 10.1. The zero-order valence-corrected chi connectivity index (χ0v) is 12.9. The van der Waals surface area contributed by atoms with Crippen molar-refractivity contribution >= 4 is 23.4 Å². The van der Waals surface area contributed by atoms with Crippen LogP contribution in [0.25, 0.3) is 0 Å². The van der Waals surface area contributed by atoms with Crippen molar-refractivity contribution in [1.82, 2.24) is 0 Å². The van der Waals surface area contributed by atoms with Crippen LogP contribution in [0.5, 0.6) is 0 Å². The van der Waals surface area contributed by atoms with Crippen LogP contribution in [0.4, 0.5) is 5.69 Å². The SMILES string of the molecule is CCC(N)CC(=O)Nc1ccccc1SC1CCCC1. The summed E-state index contributed by atoms with van der Waals surface area (Å²) in [7, 11) is 0. The van der Waals surface area contributed by atoms with Gasteiger partial charge in [-0.3, -0.25) is 4.79 Å². The van der Waals surface area contributed by atoms with E-state index in [1.807, 2.05) is 36.9 Å². The summed E-state index contributed by atoms with van der Waals surface area (Å²) in [5, 5.41) is 3.71. The predicted octanol–water partition coefficient (Wildman–Crippen LogP) is 3.79. The van der Waals surface area contributed by atoms with E-state index < -0.39 is 0 Å². The van der Waals surface area contributed by atoms with Gasteiger partial charge in [-0.25, -0.2) is 0 Å². The van der Waals surface area contributed by atoms with E-state index in [0.717, 1.165) is 12.1 Å². The number of thioether (sulfide) groups is 1. The Morgan fingerprint density at radius 3 is 2.80 bits per heavy atom. The van der Waals surface area contributed by atoms with Crippen LogP contribution >= 0.6 is 11.8 Å². The summed E-state index contributed by atoms with van der Waals surface area (Å²) >= 11 is 1.90. The van der Waals surface area contributed by atoms with E-state index in [-0.39, 0.29) is 11.9 Å². The van der Waals surface area contributed by atoms with Crippen LogP contribution in [0, 0.1) is 0 Å². The molecule has 20 heavy (non-hydrogen) atoms. The second kappa shape index (κ2) is 7.70. The van der Waals surface area contributed by atoms with Crippen LogP contribution in [0.1, 0.15) is 45.4 Å². The molecule has 0 bridgehead atoms. The Balaban J connectivity index is 1.98. The molecule has 0 heterocycles. The highest BCUT2D eigenvalue weighted by Gasteiger charge is 2.18. The number of hydrogen-bond donors (Lipinski definition) is 2. The van der Waals surface area contributed by atoms with Gasteiger partial charge in [-0.2, -0.15) is 0 Å². The Kier molecular flexibility index (Phi) is 5.92. The van der Waals surface area contributed by atoms with Crippen LogP contribution in [-0.4, -0.2) is 17.2 Å². The van der Waals surface area contributed by atoms with Gasteiger partial charge in [-0.1, -0.05) is 31.9 Å². The third-order valence-electron chi connectivity index (χ3n) is 3.73. The zero-order chi connectivity index (χ0) is 14.4. The second-order valence-electron chi connectivity index (χ2n) is 5.44. The van der Waals surface area contributed by atoms with Gasteiger partial charge >= 0.3 is 0 Å². The van der Waals surface area contributed by atoms with Gasteiger partial charge in [-0.15, -0.1) is 11.8 Å². The predicted molar refractivity (Wildman–Crippen MR) is 86.1 cm³/mol. The van der Waals surface area contributed by atoms with E-state index in [9.17, 15) is 4.79 Å². The van der Waals surface area contributed by atoms with E-state index in [1.165, 1.54) is 30.6 Å². The topological polar surface area (TPSA) is 55.1 Å². The Labute approximate surface area is 125 Å². The normalized spacial score (nSPS) is 17.1. The van der Waals surface area contributed by atoms with Crippen molar-refractivity contribution in [2.24, 2.45) is 5.73 Å². The molecule has 3 N–H and O–H groups in total. The van der Waals surface area contributed by atoms with E-state index in [0.29, 0.717) is 11.7 Å². The number of rotatable bonds is 6. The van der Waals surface area contributed by atoms with Gasteiger partial charge in [-0.05, 0) is 31.4 Å². The molecule has 1 amide bonds. The molecule has 1 aliphatic carbocycles. The minimum atomic E-state index is -0.0513. The minimum absolute atomic E-state index is 0.0128. The number of nitrogens with two attached hydrogens (primary N) is 1. The van der Waals surface area contributed by atoms with E-state index in [4.69, 9.17) is 5.73 Å². The number of para-hydroxylation sites is 1. The van der Waals surface area contributed by atoms with Crippen LogP contribution in [0.15, 0.2) is 29.2 Å². The molecule has 1 aromatic carbocycles. The van der Waals surface area contributed by atoms with Crippen LogP contribution in [0.2, 0.25) is 0 Å². The first-order valence-corrected chi connectivity index (χ1v) is 8.38. The molecule has 0 radical (unpaired) electrons. The summed E-state index contributed by atoms with van der Waals surface area (Å²) in [4.78, 5) is 13.1. The van der Waals surface area contributed by atoms with E-state index in [1.54, 1.807) is 0 Å². The number of carbonyl (C=O) groups excluding carboxylic acids is 1. The summed E-state index contributed by atoms with van der Waals surface area (Å²) in [6.07, 6.45) is 6.45. The molecular weight excluding hydrogens is 268 g/mol. The fourth-order valence-corrected chi connectivity index (χ4v) is 3.77. The Bertz CT molecular complexity index is 444. The average Bonchev–Trinajstić information content (AvgIpc) is 2.93. The van der Waals surface area contributed by atoms with Crippen LogP contribution in [-0.2, 0) is 4.79 Å². The first-order valence-electron chi connectivity index (χ1n) is 7.50. The van der Waals surface area contributed by atoms with Crippen LogP contribution < -0.4 is 11.1 Å². The molecule has 4 heteroatoms. The lowest BCUT2D eigenvalue weighted by Crippen LogP contribution is -2.26. The molecule has 0 spiro atoms. The molecule has 1 atom stereocenters. The van der Waals surface area contributed by atoms with Gasteiger partial charge < -0.3 is 11.1 Å². The van der Waals surface area contributed by atoms with Gasteiger partial charge in [0.25, 0.3) is 0 Å². The Morgan fingerprint density at radius 2 is 2.10 bits per heavy atom. The summed E-state index contributed by atoms with van der Waals surface area (Å²) in [5.41, 5.74) is 6.76. The summed E-state index contributed by atoms with van der Waals surface area (Å²) in [5.74, 6) is 0.0128. The molecule has 1 unspecified atom stereocenters. The maximum Gasteiger partial charge on any atom is 0.225 e. The smallest absolute Gasteiger partial charge is 0.225 e. The number of carbonyl (C=O) groups is 1. The second-order valence-corrected chi connectivity index (χ2v) is 6.78. The average molecular weight is 292 g/mol. The lowest BCUT2D eigenvalue weighted by molar-refractivity contribution is -0.116. The monoisotopic (exact) mass is 292 g/mol. The summed E-state index contributed by atoms with van der Waals surface area (Å²) < 4.78 is 0. The Hall–Kier alpha value is -1.00. The largest absolute Gasteiger partial charge is 0.327 e. The van der Waals surface area contributed by atoms with Crippen molar-refractivity contribution in [3.63, 3.8) is 0 Å². The van der Waals surface area contributed by atoms with Crippen molar-refractivity contribution < 1.29 is 4.79 Å². The highest BCUT2D eigenvalue weighted by molar-refractivity contribution is 8.00. The first-order chi connectivity index (χ1) is 9.69. The van der Waals surface area contributed by atoms with E-state index >= 15 is 0 Å². The third kappa shape index (κ3) is 4.53. The molecule has 1 aromatic rings. The molecule has 0 aromatic heterocycles. The molecule has 1 saturated carbocycles. The number of anilines is 1. The maximum absolute atomic E-state index is 12.0. The fraction of sp³-hybridized carbons (Fsp3) is 0.562. The highest BCUT2D eigenvalue weighted by Crippen LogP contribution is 2.37. The number of benzene rings is 1. The highest BCUT2D eigenvalue weighted by atomic mass is 32.2. The van der Waals surface area contributed by atoms with Crippen molar-refractivity contribution in [2.45, 2.75) is 61.6 Å².